The van der Waals surface area contributed by atoms with Crippen LogP contribution in [0.5, 0.6) is 0 Å². The number of rotatable bonds is 5. The molecule has 9 heteroatoms. The van der Waals surface area contributed by atoms with Gasteiger partial charge in [0, 0.05) is 5.41 Å². The summed E-state index contributed by atoms with van der Waals surface area (Å²) in [5.74, 6) is -11.4. The molecule has 0 N–H and O–H groups in total. The number of hydrogen-bond donors (Lipinski definition) is 0. The molecule has 1 heterocycles. The Hall–Kier alpha value is -0.570. The highest BCUT2D eigenvalue weighted by molar-refractivity contribution is 4.92. The van der Waals surface area contributed by atoms with E-state index in [1.165, 1.54) is 6.92 Å². The summed E-state index contributed by atoms with van der Waals surface area (Å²) in [6.45, 7) is 1.27. The summed E-state index contributed by atoms with van der Waals surface area (Å²) in [5, 5.41) is 0. The lowest BCUT2D eigenvalue weighted by Gasteiger charge is -2.43. The first-order chi connectivity index (χ1) is 8.33. The number of halogens is 7. The summed E-state index contributed by atoms with van der Waals surface area (Å²) < 4.78 is 95.9. The van der Waals surface area contributed by atoms with Crippen molar-refractivity contribution in [2.45, 2.75) is 38.0 Å². The van der Waals surface area contributed by atoms with Crippen molar-refractivity contribution in [3.8, 4) is 0 Å². The van der Waals surface area contributed by atoms with Crippen molar-refractivity contribution in [3.63, 3.8) is 0 Å². The van der Waals surface area contributed by atoms with Gasteiger partial charge in [-0.05, 0) is 6.92 Å². The highest BCUT2D eigenvalue weighted by atomic mass is 19.4. The molecule has 1 atom stereocenters. The molecule has 0 aliphatic carbocycles. The van der Waals surface area contributed by atoms with Crippen molar-refractivity contribution in [2.75, 3.05) is 19.8 Å². The molecule has 0 aromatic rings. The van der Waals surface area contributed by atoms with Gasteiger partial charge in [0.15, 0.2) is 0 Å². The molecule has 1 aliphatic rings. The monoisotopic (exact) mass is 298 g/mol. The van der Waals surface area contributed by atoms with Crippen LogP contribution in [0.4, 0.5) is 30.7 Å². The van der Waals surface area contributed by atoms with Crippen molar-refractivity contribution in [3.05, 3.63) is 0 Å². The number of hydrogen-bond acceptors (Lipinski definition) is 2. The van der Waals surface area contributed by atoms with E-state index in [9.17, 15) is 30.7 Å². The summed E-state index contributed by atoms with van der Waals surface area (Å²) in [5.41, 5.74) is -0.649. The van der Waals surface area contributed by atoms with Gasteiger partial charge in [-0.25, -0.2) is 0 Å². The third-order valence-corrected chi connectivity index (χ3v) is 3.18. The Bertz CT molecular complexity index is 322. The van der Waals surface area contributed by atoms with Crippen LogP contribution in [0, 0.1) is 5.41 Å². The van der Waals surface area contributed by atoms with Crippen molar-refractivity contribution >= 4 is 0 Å². The molecule has 0 amide bonds. The quantitative estimate of drug-likeness (QED) is 0.725. The van der Waals surface area contributed by atoms with Gasteiger partial charge >= 0.3 is 18.0 Å². The third kappa shape index (κ3) is 2.96. The second-order valence-electron chi connectivity index (χ2n) is 4.88. The molecule has 0 aromatic heterocycles. The minimum atomic E-state index is -6.33. The fraction of sp³-hybridized carbons (Fsp3) is 1.00. The zero-order valence-electron chi connectivity index (χ0n) is 10.2. The Morgan fingerprint density at radius 1 is 1.11 bits per heavy atom. The van der Waals surface area contributed by atoms with Crippen LogP contribution in [0.2, 0.25) is 0 Å². The topological polar surface area (TPSA) is 18.5 Å². The third-order valence-electron chi connectivity index (χ3n) is 3.18. The van der Waals surface area contributed by atoms with Crippen molar-refractivity contribution in [2.24, 2.45) is 5.41 Å². The maximum absolute atomic E-state index is 12.9. The first-order valence-electron chi connectivity index (χ1n) is 5.35. The average Bonchev–Trinajstić information content (AvgIpc) is 2.20. The van der Waals surface area contributed by atoms with Gasteiger partial charge in [0.1, 0.15) is 6.61 Å². The lowest BCUT2D eigenvalue weighted by molar-refractivity contribution is -0.364. The molecule has 1 fully saturated rings. The van der Waals surface area contributed by atoms with Crippen LogP contribution in [0.1, 0.15) is 13.8 Å². The standard InChI is InChI=1S/C10H13F7O2/c1-6(7(2)3-18-4-7)19-5-8(11,12)9(13,14)10(15,16)17/h6H,3-5H2,1-2H3. The largest absolute Gasteiger partial charge is 0.459 e. The Morgan fingerprint density at radius 3 is 1.89 bits per heavy atom. The van der Waals surface area contributed by atoms with E-state index in [0.29, 0.717) is 0 Å². The zero-order valence-corrected chi connectivity index (χ0v) is 10.2. The van der Waals surface area contributed by atoms with Crippen LogP contribution >= 0.6 is 0 Å². The van der Waals surface area contributed by atoms with Gasteiger partial charge in [0.05, 0.1) is 19.3 Å². The molecular weight excluding hydrogens is 285 g/mol. The highest BCUT2D eigenvalue weighted by Gasteiger charge is 2.73. The van der Waals surface area contributed by atoms with Gasteiger partial charge < -0.3 is 9.47 Å². The summed E-state index contributed by atoms with van der Waals surface area (Å²) in [7, 11) is 0. The molecule has 19 heavy (non-hydrogen) atoms. The summed E-state index contributed by atoms with van der Waals surface area (Å²) in [6, 6.07) is 0. The van der Waals surface area contributed by atoms with E-state index >= 15 is 0 Å². The van der Waals surface area contributed by atoms with Crippen LogP contribution in [0.15, 0.2) is 0 Å². The van der Waals surface area contributed by atoms with E-state index in [1.807, 2.05) is 0 Å². The molecule has 2 nitrogen and oxygen atoms in total. The van der Waals surface area contributed by atoms with Gasteiger partial charge in [-0.1, -0.05) is 6.92 Å². The maximum Gasteiger partial charge on any atom is 0.459 e. The fourth-order valence-electron chi connectivity index (χ4n) is 1.39. The maximum atomic E-state index is 12.9. The molecule has 1 unspecified atom stereocenters. The van der Waals surface area contributed by atoms with E-state index in [1.54, 1.807) is 6.92 Å². The van der Waals surface area contributed by atoms with Gasteiger partial charge in [-0.3, -0.25) is 0 Å². The van der Waals surface area contributed by atoms with Gasteiger partial charge in [0.2, 0.25) is 0 Å². The highest BCUT2D eigenvalue weighted by Crippen LogP contribution is 2.47. The van der Waals surface area contributed by atoms with Crippen LogP contribution in [0.25, 0.3) is 0 Å². The smallest absolute Gasteiger partial charge is 0.380 e. The molecule has 0 radical (unpaired) electrons. The van der Waals surface area contributed by atoms with E-state index < -0.39 is 36.1 Å². The Labute approximate surface area is 104 Å². The minimum Gasteiger partial charge on any atom is -0.380 e. The molecule has 114 valence electrons. The predicted octanol–water partition coefficient (Wildman–Crippen LogP) is 3.26. The molecule has 1 saturated heterocycles. The number of alkyl halides is 7. The lowest BCUT2D eigenvalue weighted by atomic mass is 9.83. The molecule has 1 aliphatic heterocycles. The molecule has 0 bridgehead atoms. The molecular formula is C10H13F7O2. The molecule has 0 aromatic carbocycles. The van der Waals surface area contributed by atoms with Crippen molar-refractivity contribution in [1.82, 2.24) is 0 Å². The first kappa shape index (κ1) is 16.5. The minimum absolute atomic E-state index is 0.176. The van der Waals surface area contributed by atoms with Crippen LogP contribution in [0.3, 0.4) is 0 Å². The average molecular weight is 298 g/mol. The van der Waals surface area contributed by atoms with E-state index in [-0.39, 0.29) is 13.2 Å². The zero-order chi connectivity index (χ0) is 15.1. The Balaban J connectivity index is 2.65. The Kier molecular flexibility index (Phi) is 4.13. The van der Waals surface area contributed by atoms with Gasteiger partial charge in [-0.2, -0.15) is 30.7 Å². The molecule has 0 saturated carbocycles. The summed E-state index contributed by atoms with van der Waals surface area (Å²) in [4.78, 5) is 0. The molecule has 0 spiro atoms. The van der Waals surface area contributed by atoms with Crippen LogP contribution < -0.4 is 0 Å². The Morgan fingerprint density at radius 2 is 1.58 bits per heavy atom. The predicted molar refractivity (Wildman–Crippen MR) is 50.3 cm³/mol. The lowest BCUT2D eigenvalue weighted by Crippen LogP contribution is -2.56. The van der Waals surface area contributed by atoms with Crippen LogP contribution in [-0.4, -0.2) is 43.9 Å². The normalized spacial score (nSPS) is 21.9. The van der Waals surface area contributed by atoms with E-state index in [2.05, 4.69) is 4.74 Å². The second kappa shape index (κ2) is 4.76. The summed E-state index contributed by atoms with van der Waals surface area (Å²) >= 11 is 0. The fourth-order valence-corrected chi connectivity index (χ4v) is 1.39. The van der Waals surface area contributed by atoms with E-state index in [0.717, 1.165) is 0 Å². The van der Waals surface area contributed by atoms with Crippen LogP contribution in [-0.2, 0) is 9.47 Å². The van der Waals surface area contributed by atoms with Crippen molar-refractivity contribution < 1.29 is 40.2 Å². The van der Waals surface area contributed by atoms with E-state index in [4.69, 9.17) is 4.74 Å². The SMILES string of the molecule is CC(OCC(F)(F)C(F)(F)C(F)(F)F)C1(C)COC1. The first-order valence-corrected chi connectivity index (χ1v) is 5.35. The second-order valence-corrected chi connectivity index (χ2v) is 4.88. The number of ether oxygens (including phenoxy) is 2. The molecule has 1 rings (SSSR count). The summed E-state index contributed by atoms with van der Waals surface area (Å²) in [6.07, 6.45) is -7.25. The van der Waals surface area contributed by atoms with Gasteiger partial charge in [0.25, 0.3) is 0 Å². The van der Waals surface area contributed by atoms with Gasteiger partial charge in [-0.15, -0.1) is 0 Å². The van der Waals surface area contributed by atoms with Crippen molar-refractivity contribution in [1.29, 1.82) is 0 Å².